The van der Waals surface area contributed by atoms with E-state index in [2.05, 4.69) is 52.2 Å². The molecule has 0 unspecified atom stereocenters. The summed E-state index contributed by atoms with van der Waals surface area (Å²) in [6.07, 6.45) is 3.33. The maximum absolute atomic E-state index is 6.23. The first-order valence-corrected chi connectivity index (χ1v) is 10.0. The van der Waals surface area contributed by atoms with Crippen molar-refractivity contribution in [2.24, 2.45) is 0 Å². The summed E-state index contributed by atoms with van der Waals surface area (Å²) in [5.41, 5.74) is 4.36. The normalized spacial score (nSPS) is 13.9. The molecule has 2 heterocycles. The van der Waals surface area contributed by atoms with E-state index in [9.17, 15) is 0 Å². The Morgan fingerprint density at radius 2 is 1.92 bits per heavy atom. The second-order valence-electron chi connectivity index (χ2n) is 6.08. The van der Waals surface area contributed by atoms with E-state index in [1.807, 2.05) is 22.9 Å². The molecule has 1 aliphatic rings. The average Bonchev–Trinajstić information content (AvgIpc) is 2.79. The van der Waals surface area contributed by atoms with E-state index in [4.69, 9.17) is 28.3 Å². The fourth-order valence-corrected chi connectivity index (χ4v) is 4.01. The van der Waals surface area contributed by atoms with E-state index in [0.29, 0.717) is 10.0 Å². The minimum Gasteiger partial charge on any atom is -0.370 e. The fourth-order valence-electron chi connectivity index (χ4n) is 3.17. The van der Waals surface area contributed by atoms with Crippen LogP contribution in [0.3, 0.4) is 0 Å². The van der Waals surface area contributed by atoms with Crippen molar-refractivity contribution in [3.05, 3.63) is 61.6 Å². The van der Waals surface area contributed by atoms with Gasteiger partial charge in [0.1, 0.15) is 5.82 Å². The molecule has 1 aliphatic heterocycles. The van der Waals surface area contributed by atoms with Crippen LogP contribution in [0.15, 0.2) is 42.5 Å². The maximum Gasteiger partial charge on any atom is 0.133 e. The molecule has 3 nitrogen and oxygen atoms in total. The number of nitrogens with one attached hydrogen (secondary N) is 1. The van der Waals surface area contributed by atoms with Crippen LogP contribution in [-0.2, 0) is 6.42 Å². The van der Waals surface area contributed by atoms with Gasteiger partial charge in [0.2, 0.25) is 0 Å². The molecule has 1 N–H and O–H groups in total. The van der Waals surface area contributed by atoms with E-state index >= 15 is 0 Å². The van der Waals surface area contributed by atoms with Crippen LogP contribution in [0.2, 0.25) is 10.0 Å². The van der Waals surface area contributed by atoms with Crippen LogP contribution in [-0.4, -0.2) is 16.3 Å². The highest BCUT2D eigenvalue weighted by molar-refractivity contribution is 14.1. The number of hydrogen-bond acceptors (Lipinski definition) is 2. The average molecular weight is 484 g/mol. The summed E-state index contributed by atoms with van der Waals surface area (Å²) in [4.78, 5) is 0. The zero-order valence-corrected chi connectivity index (χ0v) is 17.1. The van der Waals surface area contributed by atoms with Crippen LogP contribution in [0.4, 0.5) is 5.82 Å². The van der Waals surface area contributed by atoms with Crippen LogP contribution < -0.4 is 5.32 Å². The summed E-state index contributed by atoms with van der Waals surface area (Å²) in [5, 5.41) is 9.57. The summed E-state index contributed by atoms with van der Waals surface area (Å²) in [5.74, 6) is 1.06. The Balaban J connectivity index is 1.91. The van der Waals surface area contributed by atoms with Crippen molar-refractivity contribution in [3.63, 3.8) is 0 Å². The van der Waals surface area contributed by atoms with Crippen molar-refractivity contribution in [1.29, 1.82) is 0 Å². The lowest BCUT2D eigenvalue weighted by molar-refractivity contribution is 0.780. The quantitative estimate of drug-likeness (QED) is 0.440. The van der Waals surface area contributed by atoms with Crippen LogP contribution in [0, 0.1) is 3.57 Å². The highest BCUT2D eigenvalue weighted by atomic mass is 127. The molecule has 0 spiro atoms. The van der Waals surface area contributed by atoms with E-state index < -0.39 is 0 Å². The van der Waals surface area contributed by atoms with Crippen LogP contribution >= 0.6 is 45.8 Å². The Hall–Kier alpha value is -1.24. The second-order valence-corrected chi connectivity index (χ2v) is 8.14. The highest BCUT2D eigenvalue weighted by Gasteiger charge is 2.22. The smallest absolute Gasteiger partial charge is 0.133 e. The molecule has 0 aliphatic carbocycles. The fraction of sp³-hybridized carbons (Fsp3) is 0.211. The molecular weight excluding hydrogens is 468 g/mol. The minimum atomic E-state index is 0.535. The number of benzene rings is 2. The van der Waals surface area contributed by atoms with Crippen molar-refractivity contribution in [1.82, 2.24) is 9.78 Å². The number of anilines is 1. The van der Waals surface area contributed by atoms with Gasteiger partial charge in [0, 0.05) is 21.2 Å². The molecule has 2 aromatic carbocycles. The number of halogens is 3. The van der Waals surface area contributed by atoms with Crippen molar-refractivity contribution < 1.29 is 0 Å². The Morgan fingerprint density at radius 3 is 2.72 bits per heavy atom. The Labute approximate surface area is 170 Å². The van der Waals surface area contributed by atoms with Gasteiger partial charge in [-0.25, -0.2) is 4.68 Å². The lowest BCUT2D eigenvalue weighted by Gasteiger charge is -2.10. The number of hydrogen-bond donors (Lipinski definition) is 1. The molecule has 3 aromatic rings. The summed E-state index contributed by atoms with van der Waals surface area (Å²) < 4.78 is 3.16. The van der Waals surface area contributed by atoms with E-state index in [0.717, 1.165) is 48.6 Å². The first kappa shape index (κ1) is 17.2. The predicted octanol–water partition coefficient (Wildman–Crippen LogP) is 6.20. The Kier molecular flexibility index (Phi) is 4.93. The molecule has 25 heavy (non-hydrogen) atoms. The second kappa shape index (κ2) is 7.17. The topological polar surface area (TPSA) is 29.9 Å². The maximum atomic E-state index is 6.23. The van der Waals surface area contributed by atoms with Gasteiger partial charge < -0.3 is 5.32 Å². The number of aromatic nitrogens is 2. The molecule has 4 rings (SSSR count). The molecular formula is C19H16Cl2IN3. The van der Waals surface area contributed by atoms with Crippen molar-refractivity contribution in [3.8, 4) is 16.9 Å². The minimum absolute atomic E-state index is 0.535. The van der Waals surface area contributed by atoms with Crippen molar-refractivity contribution in [2.45, 2.75) is 19.3 Å². The van der Waals surface area contributed by atoms with Gasteiger partial charge in [0.25, 0.3) is 0 Å². The lowest BCUT2D eigenvalue weighted by Crippen LogP contribution is -2.07. The Morgan fingerprint density at radius 1 is 1.04 bits per heavy atom. The first-order chi connectivity index (χ1) is 12.1. The standard InChI is InChI=1S/C19H16Cl2IN3/c20-16-8-7-14(11-17(16)21)25-19-15(6-1-2-9-23-19)18(24-25)12-4-3-5-13(22)10-12/h3-5,7-8,10-11,23H,1-2,6,9H2. The van der Waals surface area contributed by atoms with Gasteiger partial charge in [0.05, 0.1) is 21.4 Å². The zero-order valence-electron chi connectivity index (χ0n) is 13.4. The summed E-state index contributed by atoms with van der Waals surface area (Å²) in [6, 6.07) is 14.1. The van der Waals surface area contributed by atoms with Crippen LogP contribution in [0.25, 0.3) is 16.9 Å². The van der Waals surface area contributed by atoms with Gasteiger partial charge in [-0.1, -0.05) is 35.3 Å². The third-order valence-electron chi connectivity index (χ3n) is 4.38. The molecule has 0 radical (unpaired) electrons. The van der Waals surface area contributed by atoms with E-state index in [1.165, 1.54) is 9.13 Å². The third-order valence-corrected chi connectivity index (χ3v) is 5.79. The molecule has 0 atom stereocenters. The van der Waals surface area contributed by atoms with Gasteiger partial charge in [-0.05, 0) is 72.2 Å². The molecule has 0 bridgehead atoms. The molecule has 0 saturated heterocycles. The third kappa shape index (κ3) is 3.39. The first-order valence-electron chi connectivity index (χ1n) is 8.20. The van der Waals surface area contributed by atoms with Gasteiger partial charge >= 0.3 is 0 Å². The SMILES string of the molecule is Clc1ccc(-n2nc(-c3cccc(I)c3)c3c2NCCCC3)cc1Cl. The van der Waals surface area contributed by atoms with Gasteiger partial charge in [-0.3, -0.25) is 0 Å². The van der Waals surface area contributed by atoms with Crippen LogP contribution in [0.1, 0.15) is 18.4 Å². The predicted molar refractivity (Wildman–Crippen MR) is 113 cm³/mol. The van der Waals surface area contributed by atoms with Gasteiger partial charge in [0.15, 0.2) is 0 Å². The zero-order chi connectivity index (χ0) is 17.4. The summed E-state index contributed by atoms with van der Waals surface area (Å²) in [6.45, 7) is 0.950. The number of fused-ring (bicyclic) bond motifs is 1. The van der Waals surface area contributed by atoms with Crippen molar-refractivity contribution in [2.75, 3.05) is 11.9 Å². The monoisotopic (exact) mass is 483 g/mol. The van der Waals surface area contributed by atoms with Crippen LogP contribution in [0.5, 0.6) is 0 Å². The largest absolute Gasteiger partial charge is 0.370 e. The van der Waals surface area contributed by atoms with E-state index in [1.54, 1.807) is 0 Å². The summed E-state index contributed by atoms with van der Waals surface area (Å²) in [7, 11) is 0. The Bertz CT molecular complexity index is 936. The number of nitrogens with zero attached hydrogens (tertiary/aromatic N) is 2. The van der Waals surface area contributed by atoms with E-state index in [-0.39, 0.29) is 0 Å². The number of rotatable bonds is 2. The lowest BCUT2D eigenvalue weighted by atomic mass is 10.0. The molecule has 6 heteroatoms. The molecule has 128 valence electrons. The molecule has 1 aromatic heterocycles. The highest BCUT2D eigenvalue weighted by Crippen LogP contribution is 2.35. The molecule has 0 saturated carbocycles. The molecule has 0 fully saturated rings. The van der Waals surface area contributed by atoms with Gasteiger partial charge in [-0.15, -0.1) is 0 Å². The molecule has 0 amide bonds. The summed E-state index contributed by atoms with van der Waals surface area (Å²) >= 11 is 14.6. The van der Waals surface area contributed by atoms with Crippen molar-refractivity contribution >= 4 is 51.6 Å². The van der Waals surface area contributed by atoms with Gasteiger partial charge in [-0.2, -0.15) is 5.10 Å².